The molecule has 1 aromatic carbocycles. The average molecular weight is 392 g/mol. The van der Waals surface area contributed by atoms with Crippen LogP contribution in [0.2, 0.25) is 0 Å². The van der Waals surface area contributed by atoms with E-state index in [1.807, 2.05) is 44.2 Å². The van der Waals surface area contributed by atoms with Gasteiger partial charge in [0, 0.05) is 6.42 Å². The molecule has 0 bridgehead atoms. The highest BCUT2D eigenvalue weighted by atomic mass is 16.7. The van der Waals surface area contributed by atoms with Gasteiger partial charge in [-0.2, -0.15) is 5.06 Å². The van der Waals surface area contributed by atoms with Crippen molar-refractivity contribution in [1.82, 2.24) is 10.5 Å². The predicted molar refractivity (Wildman–Crippen MR) is 106 cm³/mol. The van der Waals surface area contributed by atoms with Crippen molar-refractivity contribution in [2.45, 2.75) is 72.4 Å². The first kappa shape index (κ1) is 23.6. The van der Waals surface area contributed by atoms with Crippen molar-refractivity contribution >= 4 is 17.8 Å². The zero-order chi connectivity index (χ0) is 21.1. The molecule has 0 heterocycles. The molecule has 2 amide bonds. The minimum Gasteiger partial charge on any atom is -0.337 e. The highest BCUT2D eigenvalue weighted by Gasteiger charge is 2.30. The lowest BCUT2D eigenvalue weighted by Gasteiger charge is -2.27. The number of nitrogens with zero attached hydrogens (tertiary/aromatic N) is 1. The molecule has 0 unspecified atom stereocenters. The van der Waals surface area contributed by atoms with Gasteiger partial charge in [-0.3, -0.25) is 14.4 Å². The number of carbonyl (C=O) groups is 3. The molecule has 0 aliphatic carbocycles. The van der Waals surface area contributed by atoms with Gasteiger partial charge >= 0.3 is 5.97 Å². The van der Waals surface area contributed by atoms with Gasteiger partial charge in [0.2, 0.25) is 0 Å². The van der Waals surface area contributed by atoms with Gasteiger partial charge in [0.05, 0.1) is 12.5 Å². The third-order valence-corrected chi connectivity index (χ3v) is 3.97. The molecule has 1 aromatic rings. The van der Waals surface area contributed by atoms with Crippen LogP contribution in [-0.2, 0) is 30.5 Å². The van der Waals surface area contributed by atoms with Crippen LogP contribution in [0.3, 0.4) is 0 Å². The Balaban J connectivity index is 2.73. The molecule has 0 aliphatic heterocycles. The van der Waals surface area contributed by atoms with Gasteiger partial charge in [0.15, 0.2) is 0 Å². The van der Waals surface area contributed by atoms with Gasteiger partial charge in [-0.25, -0.2) is 10.3 Å². The van der Waals surface area contributed by atoms with Crippen molar-refractivity contribution in [2.75, 3.05) is 0 Å². The van der Waals surface area contributed by atoms with E-state index in [0.717, 1.165) is 10.6 Å². The van der Waals surface area contributed by atoms with Gasteiger partial charge in [-0.05, 0) is 45.1 Å². The lowest BCUT2D eigenvalue weighted by Crippen LogP contribution is -2.49. The van der Waals surface area contributed by atoms with E-state index in [-0.39, 0.29) is 18.9 Å². The highest BCUT2D eigenvalue weighted by molar-refractivity contribution is 5.87. The molecule has 0 fully saturated rings. The molecular weight excluding hydrogens is 360 g/mol. The van der Waals surface area contributed by atoms with Crippen molar-refractivity contribution in [3.8, 4) is 0 Å². The van der Waals surface area contributed by atoms with E-state index in [1.165, 1.54) is 6.92 Å². The molecule has 0 aromatic heterocycles. The number of hydrogen-bond acceptors (Lipinski definition) is 5. The van der Waals surface area contributed by atoms with E-state index >= 15 is 0 Å². The number of carbonyl (C=O) groups excluding carboxylic acids is 3. The summed E-state index contributed by atoms with van der Waals surface area (Å²) in [5.74, 6) is -1.21. The largest absolute Gasteiger partial charge is 0.337 e. The van der Waals surface area contributed by atoms with Crippen LogP contribution in [0.15, 0.2) is 30.3 Å². The fraction of sp³-hybridized carbons (Fsp3) is 0.571. The third-order valence-electron chi connectivity index (χ3n) is 3.97. The van der Waals surface area contributed by atoms with Gasteiger partial charge in [0.1, 0.15) is 6.04 Å². The molecule has 28 heavy (non-hydrogen) atoms. The Labute approximate surface area is 167 Å². The molecular formula is C21H32N2O5. The van der Waals surface area contributed by atoms with E-state index in [0.29, 0.717) is 18.8 Å². The maximum absolute atomic E-state index is 12.6. The molecule has 0 aliphatic rings. The summed E-state index contributed by atoms with van der Waals surface area (Å²) in [6.07, 6.45) is 1.20. The highest BCUT2D eigenvalue weighted by Crippen LogP contribution is 2.12. The molecule has 7 heteroatoms. The standard InChI is InChI=1S/C21H32N2O5/c1-15(2)11-13-19(24)23(17(5)21(26)22-27-16(3)4)28-20(25)14-12-18-9-7-6-8-10-18/h6-10,15-17H,11-14H2,1-5H3,(H,22,26)/t17-/m0/s1. The summed E-state index contributed by atoms with van der Waals surface area (Å²) >= 11 is 0. The lowest BCUT2D eigenvalue weighted by molar-refractivity contribution is -0.209. The maximum atomic E-state index is 12.6. The number of amides is 2. The Hall–Kier alpha value is -2.41. The summed E-state index contributed by atoms with van der Waals surface area (Å²) < 4.78 is 0. The van der Waals surface area contributed by atoms with E-state index in [9.17, 15) is 14.4 Å². The molecule has 0 saturated heterocycles. The Morgan fingerprint density at radius 3 is 2.21 bits per heavy atom. The molecule has 7 nitrogen and oxygen atoms in total. The Kier molecular flexibility index (Phi) is 10.2. The van der Waals surface area contributed by atoms with Crippen molar-refractivity contribution in [3.63, 3.8) is 0 Å². The number of nitrogens with one attached hydrogen (secondary N) is 1. The second kappa shape index (κ2) is 12.1. The van der Waals surface area contributed by atoms with Crippen LogP contribution in [0.4, 0.5) is 0 Å². The van der Waals surface area contributed by atoms with Gasteiger partial charge < -0.3 is 4.84 Å². The van der Waals surface area contributed by atoms with E-state index in [4.69, 9.17) is 9.68 Å². The van der Waals surface area contributed by atoms with Crippen LogP contribution in [0, 0.1) is 5.92 Å². The van der Waals surface area contributed by atoms with Gasteiger partial charge in [-0.1, -0.05) is 44.2 Å². The topological polar surface area (TPSA) is 84.9 Å². The molecule has 1 atom stereocenters. The number of benzene rings is 1. The first-order valence-corrected chi connectivity index (χ1v) is 9.73. The van der Waals surface area contributed by atoms with Crippen molar-refractivity contribution in [1.29, 1.82) is 0 Å². The Morgan fingerprint density at radius 2 is 1.64 bits per heavy atom. The summed E-state index contributed by atoms with van der Waals surface area (Å²) in [4.78, 5) is 47.5. The predicted octanol–water partition coefficient (Wildman–Crippen LogP) is 3.19. The van der Waals surface area contributed by atoms with Gasteiger partial charge in [-0.15, -0.1) is 0 Å². The van der Waals surface area contributed by atoms with Crippen molar-refractivity contribution in [3.05, 3.63) is 35.9 Å². The monoisotopic (exact) mass is 392 g/mol. The lowest BCUT2D eigenvalue weighted by atomic mass is 10.1. The smallest absolute Gasteiger partial charge is 0.332 e. The van der Waals surface area contributed by atoms with E-state index < -0.39 is 23.8 Å². The second-order valence-electron chi connectivity index (χ2n) is 7.41. The molecule has 156 valence electrons. The SMILES string of the molecule is CC(C)CCC(=O)N(OC(=O)CCc1ccccc1)[C@@H](C)C(=O)NOC(C)C. The molecule has 1 N–H and O–H groups in total. The Bertz CT molecular complexity index is 631. The Morgan fingerprint density at radius 1 is 1.00 bits per heavy atom. The zero-order valence-corrected chi connectivity index (χ0v) is 17.4. The molecule has 0 spiro atoms. The normalized spacial score (nSPS) is 12.0. The average Bonchev–Trinajstić information content (AvgIpc) is 2.66. The summed E-state index contributed by atoms with van der Waals surface area (Å²) in [5.41, 5.74) is 3.28. The van der Waals surface area contributed by atoms with Gasteiger partial charge in [0.25, 0.3) is 11.8 Å². The summed E-state index contributed by atoms with van der Waals surface area (Å²) in [6.45, 7) is 9.02. The van der Waals surface area contributed by atoms with Crippen LogP contribution in [0.1, 0.15) is 59.4 Å². The van der Waals surface area contributed by atoms with E-state index in [1.54, 1.807) is 13.8 Å². The van der Waals surface area contributed by atoms with Crippen molar-refractivity contribution in [2.24, 2.45) is 5.92 Å². The first-order valence-electron chi connectivity index (χ1n) is 9.73. The van der Waals surface area contributed by atoms with Crippen LogP contribution in [0.5, 0.6) is 0 Å². The number of hydrogen-bond donors (Lipinski definition) is 1. The van der Waals surface area contributed by atoms with Crippen LogP contribution < -0.4 is 5.48 Å². The van der Waals surface area contributed by atoms with Crippen molar-refractivity contribution < 1.29 is 24.1 Å². The summed E-state index contributed by atoms with van der Waals surface area (Å²) in [6, 6.07) is 8.51. The molecule has 0 radical (unpaired) electrons. The van der Waals surface area contributed by atoms with Crippen LogP contribution in [-0.4, -0.2) is 35.0 Å². The fourth-order valence-corrected chi connectivity index (χ4v) is 2.28. The number of hydroxylamine groups is 3. The first-order chi connectivity index (χ1) is 13.2. The minimum atomic E-state index is -1.00. The van der Waals surface area contributed by atoms with Crippen LogP contribution in [0.25, 0.3) is 0 Å². The minimum absolute atomic E-state index is 0.106. The summed E-state index contributed by atoms with van der Waals surface area (Å²) in [7, 11) is 0. The fourth-order valence-electron chi connectivity index (χ4n) is 2.28. The zero-order valence-electron chi connectivity index (χ0n) is 17.4. The molecule has 1 rings (SSSR count). The number of aryl methyl sites for hydroxylation is 1. The van der Waals surface area contributed by atoms with E-state index in [2.05, 4.69) is 5.48 Å². The quantitative estimate of drug-likeness (QED) is 0.618. The second-order valence-corrected chi connectivity index (χ2v) is 7.41. The molecule has 0 saturated carbocycles. The maximum Gasteiger partial charge on any atom is 0.332 e. The third kappa shape index (κ3) is 8.99. The van der Waals surface area contributed by atoms with Crippen LogP contribution >= 0.6 is 0 Å². The summed E-state index contributed by atoms with van der Waals surface area (Å²) in [5, 5.41) is 0.870. The number of rotatable bonds is 10.